The van der Waals surface area contributed by atoms with E-state index in [4.69, 9.17) is 4.74 Å². The summed E-state index contributed by atoms with van der Waals surface area (Å²) in [5.74, 6) is -0.655. The lowest BCUT2D eigenvalue weighted by Crippen LogP contribution is -2.54. The van der Waals surface area contributed by atoms with Crippen LogP contribution < -0.4 is 15.1 Å². The van der Waals surface area contributed by atoms with Gasteiger partial charge >= 0.3 is 11.9 Å². The molecule has 1 saturated heterocycles. The molecule has 1 aliphatic rings. The van der Waals surface area contributed by atoms with Crippen LogP contribution in [-0.2, 0) is 9.63 Å². The maximum atomic E-state index is 13.3. The number of nitrogens with one attached hydrogen (secondary N) is 1. The van der Waals surface area contributed by atoms with Crippen molar-refractivity contribution in [1.29, 1.82) is 0 Å². The Labute approximate surface area is 156 Å². The molecule has 0 bridgehead atoms. The Hall–Kier alpha value is -2.75. The Morgan fingerprint density at radius 3 is 2.73 bits per heavy atom. The molecular weight excluding hydrogens is 411 g/mol. The fraction of sp³-hybridized carbons (Fsp3) is 0.250. The minimum atomic E-state index is -0.667. The fourth-order valence-corrected chi connectivity index (χ4v) is 2.56. The van der Waals surface area contributed by atoms with E-state index in [2.05, 4.69) is 30.7 Å². The lowest BCUT2D eigenvalue weighted by atomic mass is 10.1. The zero-order valence-electron chi connectivity index (χ0n) is 13.6. The number of rotatable bonds is 4. The van der Waals surface area contributed by atoms with Gasteiger partial charge in [0.05, 0.1) is 30.0 Å². The van der Waals surface area contributed by atoms with E-state index in [1.54, 1.807) is 6.07 Å². The number of benzene rings is 1. The van der Waals surface area contributed by atoms with E-state index >= 15 is 0 Å². The summed E-state index contributed by atoms with van der Waals surface area (Å²) in [6.07, 6.45) is 2.62. The summed E-state index contributed by atoms with van der Waals surface area (Å²) in [7, 11) is 0. The van der Waals surface area contributed by atoms with E-state index in [0.717, 1.165) is 0 Å². The molecule has 0 unspecified atom stereocenters. The van der Waals surface area contributed by atoms with Crippen LogP contribution in [0, 0.1) is 5.82 Å². The Morgan fingerprint density at radius 2 is 2.08 bits per heavy atom. The van der Waals surface area contributed by atoms with Crippen LogP contribution in [0.4, 0.5) is 10.2 Å². The molecule has 1 N–H and O–H groups in total. The molecule has 0 atom stereocenters. The second kappa shape index (κ2) is 7.65. The Balaban J connectivity index is 1.53. The van der Waals surface area contributed by atoms with Gasteiger partial charge in [0.15, 0.2) is 0 Å². The highest BCUT2D eigenvalue weighted by molar-refractivity contribution is 9.10. The van der Waals surface area contributed by atoms with Gasteiger partial charge in [-0.05, 0) is 28.1 Å². The number of nitrogens with zero attached hydrogens (tertiary/aromatic N) is 3. The van der Waals surface area contributed by atoms with Crippen LogP contribution in [0.1, 0.15) is 17.4 Å². The van der Waals surface area contributed by atoms with E-state index in [1.165, 1.54) is 31.5 Å². The molecule has 0 aliphatic carbocycles. The van der Waals surface area contributed by atoms with Crippen LogP contribution in [0.5, 0.6) is 5.75 Å². The van der Waals surface area contributed by atoms with E-state index in [1.807, 2.05) is 10.4 Å². The Morgan fingerprint density at radius 1 is 1.31 bits per heavy atom. The number of amides is 1. The van der Waals surface area contributed by atoms with Gasteiger partial charge < -0.3 is 14.5 Å². The van der Waals surface area contributed by atoms with Gasteiger partial charge in [0.25, 0.3) is 0 Å². The molecule has 10 heteroatoms. The number of hydrogen-bond donors (Lipinski definition) is 1. The van der Waals surface area contributed by atoms with Crippen LogP contribution in [0.15, 0.2) is 35.1 Å². The summed E-state index contributed by atoms with van der Waals surface area (Å²) in [5.41, 5.74) is 1.98. The number of halogens is 2. The van der Waals surface area contributed by atoms with E-state index in [0.29, 0.717) is 29.1 Å². The van der Waals surface area contributed by atoms with Crippen LogP contribution >= 0.6 is 15.9 Å². The van der Waals surface area contributed by atoms with E-state index in [-0.39, 0.29) is 17.6 Å². The van der Waals surface area contributed by atoms with Crippen molar-refractivity contribution >= 4 is 33.6 Å². The molecule has 0 saturated carbocycles. The van der Waals surface area contributed by atoms with Gasteiger partial charge in [-0.1, -0.05) is 0 Å². The van der Waals surface area contributed by atoms with Gasteiger partial charge in [-0.15, -0.1) is 0 Å². The molecule has 1 amide bonds. The highest BCUT2D eigenvalue weighted by Gasteiger charge is 2.30. The molecule has 2 aromatic rings. The predicted molar refractivity (Wildman–Crippen MR) is 92.0 cm³/mol. The first-order valence-electron chi connectivity index (χ1n) is 7.59. The van der Waals surface area contributed by atoms with Gasteiger partial charge in [-0.25, -0.2) is 14.4 Å². The first-order valence-corrected chi connectivity index (χ1v) is 8.38. The SMILES string of the molecule is CC(=O)ONC(=O)c1cnc(N2CC(Oc3cc(F)ccc3Br)C2)cn1. The Kier molecular flexibility index (Phi) is 5.31. The molecule has 2 heterocycles. The van der Waals surface area contributed by atoms with Gasteiger partial charge in [-0.3, -0.25) is 9.59 Å². The van der Waals surface area contributed by atoms with Crippen molar-refractivity contribution < 1.29 is 23.6 Å². The van der Waals surface area contributed by atoms with Gasteiger partial charge in [0, 0.05) is 13.0 Å². The molecule has 0 radical (unpaired) electrons. The van der Waals surface area contributed by atoms with Crippen molar-refractivity contribution in [3.8, 4) is 5.75 Å². The first-order chi connectivity index (χ1) is 12.4. The van der Waals surface area contributed by atoms with Crippen molar-refractivity contribution in [3.05, 3.63) is 46.6 Å². The average Bonchev–Trinajstić information content (AvgIpc) is 2.58. The summed E-state index contributed by atoms with van der Waals surface area (Å²) in [5, 5.41) is 0. The lowest BCUT2D eigenvalue weighted by Gasteiger charge is -2.39. The fourth-order valence-electron chi connectivity index (χ4n) is 2.22. The minimum Gasteiger partial charge on any atom is -0.485 e. The molecule has 1 aromatic carbocycles. The second-order valence-electron chi connectivity index (χ2n) is 5.50. The number of hydroxylamine groups is 1. The first kappa shape index (κ1) is 18.1. The molecule has 1 aliphatic heterocycles. The summed E-state index contributed by atoms with van der Waals surface area (Å²) in [4.78, 5) is 36.8. The monoisotopic (exact) mass is 424 g/mol. The average molecular weight is 425 g/mol. The van der Waals surface area contributed by atoms with Crippen LogP contribution in [0.2, 0.25) is 0 Å². The summed E-state index contributed by atoms with van der Waals surface area (Å²) < 4.78 is 19.7. The minimum absolute atomic E-state index is 0.0204. The maximum absolute atomic E-state index is 13.3. The third-order valence-corrected chi connectivity index (χ3v) is 4.17. The zero-order chi connectivity index (χ0) is 18.7. The third-order valence-electron chi connectivity index (χ3n) is 3.52. The van der Waals surface area contributed by atoms with E-state index in [9.17, 15) is 14.0 Å². The second-order valence-corrected chi connectivity index (χ2v) is 6.36. The predicted octanol–water partition coefficient (Wildman–Crippen LogP) is 1.85. The van der Waals surface area contributed by atoms with Gasteiger partial charge in [0.2, 0.25) is 0 Å². The van der Waals surface area contributed by atoms with Crippen molar-refractivity contribution in [1.82, 2.24) is 15.4 Å². The van der Waals surface area contributed by atoms with Crippen molar-refractivity contribution in [2.75, 3.05) is 18.0 Å². The highest BCUT2D eigenvalue weighted by atomic mass is 79.9. The third kappa shape index (κ3) is 4.26. The number of carbonyl (C=O) groups is 2. The number of hydrogen-bond acceptors (Lipinski definition) is 7. The molecule has 0 spiro atoms. The summed E-state index contributed by atoms with van der Waals surface area (Å²) in [6, 6.07) is 4.26. The molecule has 26 heavy (non-hydrogen) atoms. The van der Waals surface area contributed by atoms with Crippen LogP contribution in [0.25, 0.3) is 0 Å². The quantitative estimate of drug-likeness (QED) is 0.748. The molecule has 136 valence electrons. The number of carbonyl (C=O) groups excluding carboxylic acids is 2. The smallest absolute Gasteiger partial charge is 0.329 e. The van der Waals surface area contributed by atoms with Crippen LogP contribution in [-0.4, -0.2) is 41.0 Å². The van der Waals surface area contributed by atoms with Gasteiger partial charge in [0.1, 0.15) is 29.2 Å². The standard InChI is InChI=1S/C16H14BrFN4O4/c1-9(23)26-21-16(24)13-5-20-15(6-19-13)22-7-11(8-22)25-14-4-10(18)2-3-12(14)17/h2-6,11H,7-8H2,1H3,(H,21,24). The largest absolute Gasteiger partial charge is 0.485 e. The Bertz CT molecular complexity index is 827. The summed E-state index contributed by atoms with van der Waals surface area (Å²) in [6.45, 7) is 2.27. The van der Waals surface area contributed by atoms with Crippen LogP contribution in [0.3, 0.4) is 0 Å². The van der Waals surface area contributed by atoms with E-state index < -0.39 is 11.9 Å². The molecular formula is C16H14BrFN4O4. The van der Waals surface area contributed by atoms with Crippen molar-refractivity contribution in [2.24, 2.45) is 0 Å². The normalized spacial score (nSPS) is 13.7. The number of ether oxygens (including phenoxy) is 1. The van der Waals surface area contributed by atoms with Crippen molar-refractivity contribution in [2.45, 2.75) is 13.0 Å². The zero-order valence-corrected chi connectivity index (χ0v) is 15.2. The number of aromatic nitrogens is 2. The van der Waals surface area contributed by atoms with Gasteiger partial charge in [-0.2, -0.15) is 5.48 Å². The maximum Gasteiger partial charge on any atom is 0.329 e. The topological polar surface area (TPSA) is 93.6 Å². The molecule has 8 nitrogen and oxygen atoms in total. The summed E-state index contributed by atoms with van der Waals surface area (Å²) >= 11 is 3.32. The lowest BCUT2D eigenvalue weighted by molar-refractivity contribution is -0.146. The molecule has 1 fully saturated rings. The molecule has 3 rings (SSSR count). The number of anilines is 1. The molecule has 1 aromatic heterocycles. The highest BCUT2D eigenvalue weighted by Crippen LogP contribution is 2.29. The van der Waals surface area contributed by atoms with Crippen molar-refractivity contribution in [3.63, 3.8) is 0 Å².